The number of methoxy groups -OCH3 is 2. The molecule has 1 heterocycles. The Labute approximate surface area is 194 Å². The number of amides is 2. The zero-order chi connectivity index (χ0) is 23.8. The molecule has 0 aliphatic carbocycles. The van der Waals surface area contributed by atoms with Crippen LogP contribution in [0, 0.1) is 5.92 Å². The van der Waals surface area contributed by atoms with Crippen molar-refractivity contribution in [3.63, 3.8) is 0 Å². The van der Waals surface area contributed by atoms with Crippen LogP contribution in [-0.4, -0.2) is 58.4 Å². The largest absolute Gasteiger partial charge is 0.497 e. The number of hydrogen-bond donors (Lipinski definition) is 2. The van der Waals surface area contributed by atoms with E-state index in [9.17, 15) is 18.0 Å². The Balaban J connectivity index is 1.43. The third-order valence-electron chi connectivity index (χ3n) is 5.49. The van der Waals surface area contributed by atoms with Crippen LogP contribution in [-0.2, 0) is 19.6 Å². The molecule has 33 heavy (non-hydrogen) atoms. The highest BCUT2D eigenvalue weighted by Crippen LogP contribution is 2.26. The van der Waals surface area contributed by atoms with Crippen molar-refractivity contribution in [3.8, 4) is 11.5 Å². The summed E-state index contributed by atoms with van der Waals surface area (Å²) in [7, 11) is -0.498. The van der Waals surface area contributed by atoms with Gasteiger partial charge in [0.25, 0.3) is 0 Å². The SMILES string of the molecule is COc1cc(NC(=O)CCNC(=O)C2CCN(S(=O)(=O)c3ccccc3)CC2)cc(OC)c1. The maximum Gasteiger partial charge on any atom is 0.243 e. The van der Waals surface area contributed by atoms with E-state index in [4.69, 9.17) is 9.47 Å². The Bertz CT molecular complexity index is 1040. The van der Waals surface area contributed by atoms with Gasteiger partial charge in [0.05, 0.1) is 19.1 Å². The van der Waals surface area contributed by atoms with Crippen molar-refractivity contribution in [1.29, 1.82) is 0 Å². The van der Waals surface area contributed by atoms with E-state index in [1.165, 1.54) is 18.5 Å². The molecule has 0 aromatic heterocycles. The third-order valence-corrected chi connectivity index (χ3v) is 7.41. The van der Waals surface area contributed by atoms with Gasteiger partial charge >= 0.3 is 0 Å². The standard InChI is InChI=1S/C23H29N3O6S/c1-31-19-14-18(15-20(16-19)32-2)25-22(27)8-11-24-23(28)17-9-12-26(13-10-17)33(29,30)21-6-4-3-5-7-21/h3-7,14-17H,8-13H2,1-2H3,(H,24,28)(H,25,27). The van der Waals surface area contributed by atoms with Crippen LogP contribution in [0.4, 0.5) is 5.69 Å². The fraction of sp³-hybridized carbons (Fsp3) is 0.391. The molecule has 0 radical (unpaired) electrons. The van der Waals surface area contributed by atoms with E-state index in [-0.39, 0.29) is 48.7 Å². The van der Waals surface area contributed by atoms with Crippen LogP contribution >= 0.6 is 0 Å². The lowest BCUT2D eigenvalue weighted by Gasteiger charge is -2.30. The Hall–Kier alpha value is -3.11. The highest BCUT2D eigenvalue weighted by atomic mass is 32.2. The van der Waals surface area contributed by atoms with Crippen LogP contribution in [0.5, 0.6) is 11.5 Å². The topological polar surface area (TPSA) is 114 Å². The van der Waals surface area contributed by atoms with E-state index in [0.717, 1.165) is 0 Å². The Kier molecular flexibility index (Phi) is 8.29. The van der Waals surface area contributed by atoms with Crippen molar-refractivity contribution >= 4 is 27.5 Å². The molecule has 2 amide bonds. The number of piperidine rings is 1. The molecular weight excluding hydrogens is 446 g/mol. The van der Waals surface area contributed by atoms with E-state index in [2.05, 4.69) is 10.6 Å². The molecule has 3 rings (SSSR count). The molecule has 2 aromatic carbocycles. The molecule has 1 aliphatic heterocycles. The Morgan fingerprint density at radius 1 is 1.00 bits per heavy atom. The lowest BCUT2D eigenvalue weighted by atomic mass is 9.97. The number of anilines is 1. The summed E-state index contributed by atoms with van der Waals surface area (Å²) in [6.07, 6.45) is 0.980. The average molecular weight is 476 g/mol. The van der Waals surface area contributed by atoms with Gasteiger partial charge in [0, 0.05) is 55.9 Å². The second-order valence-corrected chi connectivity index (χ2v) is 9.62. The molecule has 0 atom stereocenters. The molecule has 178 valence electrons. The summed E-state index contributed by atoms with van der Waals surface area (Å²) in [5.41, 5.74) is 0.537. The summed E-state index contributed by atoms with van der Waals surface area (Å²) >= 11 is 0. The normalized spacial score (nSPS) is 15.0. The van der Waals surface area contributed by atoms with Gasteiger partial charge in [0.2, 0.25) is 21.8 Å². The summed E-state index contributed by atoms with van der Waals surface area (Å²) in [5, 5.41) is 5.54. The molecule has 2 N–H and O–H groups in total. The van der Waals surface area contributed by atoms with E-state index >= 15 is 0 Å². The van der Waals surface area contributed by atoms with Gasteiger partial charge in [-0.25, -0.2) is 8.42 Å². The van der Waals surface area contributed by atoms with Crippen molar-refractivity contribution in [2.24, 2.45) is 5.92 Å². The second-order valence-electron chi connectivity index (χ2n) is 7.68. The monoisotopic (exact) mass is 475 g/mol. The van der Waals surface area contributed by atoms with Crippen LogP contribution < -0.4 is 20.1 Å². The van der Waals surface area contributed by atoms with E-state index < -0.39 is 10.0 Å². The van der Waals surface area contributed by atoms with Gasteiger partial charge < -0.3 is 20.1 Å². The number of nitrogens with zero attached hydrogens (tertiary/aromatic N) is 1. The average Bonchev–Trinajstić information content (AvgIpc) is 2.84. The molecule has 0 bridgehead atoms. The molecule has 2 aromatic rings. The van der Waals surface area contributed by atoms with Gasteiger partial charge in [-0.15, -0.1) is 0 Å². The number of sulfonamides is 1. The Morgan fingerprint density at radius 3 is 2.18 bits per heavy atom. The number of ether oxygens (including phenoxy) is 2. The molecule has 1 aliphatic rings. The summed E-state index contributed by atoms with van der Waals surface area (Å²) in [4.78, 5) is 25.0. The number of hydrogen-bond acceptors (Lipinski definition) is 6. The smallest absolute Gasteiger partial charge is 0.243 e. The van der Waals surface area contributed by atoms with Crippen LogP contribution in [0.25, 0.3) is 0 Å². The molecular formula is C23H29N3O6S. The maximum absolute atomic E-state index is 12.7. The quantitative estimate of drug-likeness (QED) is 0.575. The predicted octanol–water partition coefficient (Wildman–Crippen LogP) is 2.25. The molecule has 9 nitrogen and oxygen atoms in total. The molecule has 0 saturated carbocycles. The van der Waals surface area contributed by atoms with Gasteiger partial charge in [0.15, 0.2) is 0 Å². The predicted molar refractivity (Wildman–Crippen MR) is 124 cm³/mol. The molecule has 10 heteroatoms. The van der Waals surface area contributed by atoms with Crippen molar-refractivity contribution in [2.75, 3.05) is 39.2 Å². The van der Waals surface area contributed by atoms with E-state index in [1.54, 1.807) is 48.5 Å². The van der Waals surface area contributed by atoms with Crippen LogP contribution in [0.2, 0.25) is 0 Å². The van der Waals surface area contributed by atoms with Gasteiger partial charge in [-0.1, -0.05) is 18.2 Å². The van der Waals surface area contributed by atoms with E-state index in [1.807, 2.05) is 0 Å². The zero-order valence-electron chi connectivity index (χ0n) is 18.7. The minimum absolute atomic E-state index is 0.104. The van der Waals surface area contributed by atoms with Crippen molar-refractivity contribution in [2.45, 2.75) is 24.2 Å². The maximum atomic E-state index is 12.7. The number of benzene rings is 2. The zero-order valence-corrected chi connectivity index (χ0v) is 19.6. The van der Waals surface area contributed by atoms with Crippen LogP contribution in [0.15, 0.2) is 53.4 Å². The fourth-order valence-corrected chi connectivity index (χ4v) is 5.14. The van der Waals surface area contributed by atoms with Gasteiger partial charge in [-0.05, 0) is 25.0 Å². The van der Waals surface area contributed by atoms with E-state index in [0.29, 0.717) is 30.0 Å². The second kappa shape index (κ2) is 11.2. The summed E-state index contributed by atoms with van der Waals surface area (Å²) in [6, 6.07) is 13.3. The fourth-order valence-electron chi connectivity index (χ4n) is 3.65. The lowest BCUT2D eigenvalue weighted by molar-refractivity contribution is -0.126. The van der Waals surface area contributed by atoms with Gasteiger partial charge in [-0.2, -0.15) is 4.31 Å². The number of nitrogens with one attached hydrogen (secondary N) is 2. The summed E-state index contributed by atoms with van der Waals surface area (Å²) in [5.74, 6) is 0.409. The van der Waals surface area contributed by atoms with Crippen molar-refractivity contribution < 1.29 is 27.5 Å². The third kappa shape index (κ3) is 6.45. The van der Waals surface area contributed by atoms with Crippen LogP contribution in [0.3, 0.4) is 0 Å². The lowest BCUT2D eigenvalue weighted by Crippen LogP contribution is -2.43. The summed E-state index contributed by atoms with van der Waals surface area (Å²) < 4.78 is 37.2. The minimum Gasteiger partial charge on any atom is -0.497 e. The first-order valence-corrected chi connectivity index (χ1v) is 12.1. The first-order valence-electron chi connectivity index (χ1n) is 10.7. The molecule has 1 fully saturated rings. The summed E-state index contributed by atoms with van der Waals surface area (Å²) in [6.45, 7) is 0.759. The number of rotatable bonds is 9. The molecule has 0 unspecified atom stereocenters. The number of carbonyl (C=O) groups is 2. The van der Waals surface area contributed by atoms with Crippen molar-refractivity contribution in [1.82, 2.24) is 9.62 Å². The highest BCUT2D eigenvalue weighted by molar-refractivity contribution is 7.89. The van der Waals surface area contributed by atoms with Gasteiger partial charge in [-0.3, -0.25) is 9.59 Å². The molecule has 1 saturated heterocycles. The van der Waals surface area contributed by atoms with Crippen molar-refractivity contribution in [3.05, 3.63) is 48.5 Å². The Morgan fingerprint density at radius 2 is 1.61 bits per heavy atom. The molecule has 0 spiro atoms. The van der Waals surface area contributed by atoms with Crippen LogP contribution in [0.1, 0.15) is 19.3 Å². The minimum atomic E-state index is -3.55. The highest BCUT2D eigenvalue weighted by Gasteiger charge is 2.31. The first-order chi connectivity index (χ1) is 15.8. The number of carbonyl (C=O) groups excluding carboxylic acids is 2. The van der Waals surface area contributed by atoms with Gasteiger partial charge in [0.1, 0.15) is 11.5 Å². The first kappa shape index (κ1) is 24.5.